The van der Waals surface area contributed by atoms with Gasteiger partial charge < -0.3 is 19.8 Å². The van der Waals surface area contributed by atoms with Crippen LogP contribution in [0.25, 0.3) is 11.3 Å². The third-order valence-electron chi connectivity index (χ3n) is 3.90. The number of nitrogens with one attached hydrogen (secondary N) is 2. The van der Waals surface area contributed by atoms with Crippen molar-refractivity contribution in [3.8, 4) is 11.3 Å². The molecule has 0 aliphatic rings. The van der Waals surface area contributed by atoms with Crippen LogP contribution in [0, 0.1) is 0 Å². The van der Waals surface area contributed by atoms with Crippen LogP contribution in [-0.2, 0) is 14.3 Å². The highest BCUT2D eigenvalue weighted by atomic mass is 16.5. The summed E-state index contributed by atoms with van der Waals surface area (Å²) in [5.74, 6) is 0.595. The summed E-state index contributed by atoms with van der Waals surface area (Å²) in [6.45, 7) is 7.21. The number of carbonyl (C=O) groups excluding carboxylic acids is 1. The normalized spacial score (nSPS) is 13.4. The van der Waals surface area contributed by atoms with Crippen molar-refractivity contribution in [3.63, 3.8) is 0 Å². The summed E-state index contributed by atoms with van der Waals surface area (Å²) in [5, 5.41) is 2.99. The molecule has 1 aromatic carbocycles. The van der Waals surface area contributed by atoms with Crippen molar-refractivity contribution in [3.05, 3.63) is 42.4 Å². The van der Waals surface area contributed by atoms with Crippen molar-refractivity contribution in [1.29, 1.82) is 0 Å². The molecule has 2 rings (SSSR count). The first-order valence-corrected chi connectivity index (χ1v) is 8.75. The number of nitrogens with zero attached hydrogens (tertiary/aromatic N) is 1. The van der Waals surface area contributed by atoms with Crippen LogP contribution in [0.5, 0.6) is 0 Å². The summed E-state index contributed by atoms with van der Waals surface area (Å²) in [6.07, 6.45) is 2.00. The number of H-pyrrole nitrogens is 1. The van der Waals surface area contributed by atoms with E-state index in [1.54, 1.807) is 13.1 Å². The highest BCUT2D eigenvalue weighted by molar-refractivity contribution is 5.80. The standard InChI is InChI=1S/C19H27N3O3/c1-4-16(22-19(23)14(3)25-12-11-24-5-2)18-20-13-17(21-18)15-9-7-6-8-10-15/h6-10,13-14,16H,4-5,11-12H2,1-3H3,(H,20,21)(H,22,23)/t14-,16+/m1/s1. The first-order valence-electron chi connectivity index (χ1n) is 8.75. The molecule has 0 unspecified atom stereocenters. The van der Waals surface area contributed by atoms with Crippen LogP contribution in [0.2, 0.25) is 0 Å². The zero-order valence-corrected chi connectivity index (χ0v) is 15.1. The Hall–Kier alpha value is -2.18. The zero-order valence-electron chi connectivity index (χ0n) is 15.1. The summed E-state index contributed by atoms with van der Waals surface area (Å²) in [6, 6.07) is 9.80. The van der Waals surface area contributed by atoms with E-state index in [1.807, 2.05) is 44.2 Å². The van der Waals surface area contributed by atoms with Crippen LogP contribution >= 0.6 is 0 Å². The van der Waals surface area contributed by atoms with Gasteiger partial charge in [-0.1, -0.05) is 37.3 Å². The Morgan fingerprint density at radius 1 is 1.24 bits per heavy atom. The number of benzene rings is 1. The van der Waals surface area contributed by atoms with E-state index in [-0.39, 0.29) is 11.9 Å². The highest BCUT2D eigenvalue weighted by Crippen LogP contribution is 2.20. The fourth-order valence-corrected chi connectivity index (χ4v) is 2.43. The molecule has 2 aromatic rings. The highest BCUT2D eigenvalue weighted by Gasteiger charge is 2.20. The van der Waals surface area contributed by atoms with Crippen molar-refractivity contribution in [2.45, 2.75) is 39.3 Å². The van der Waals surface area contributed by atoms with E-state index < -0.39 is 6.10 Å². The zero-order chi connectivity index (χ0) is 18.1. The summed E-state index contributed by atoms with van der Waals surface area (Å²) in [4.78, 5) is 20.0. The molecule has 0 bridgehead atoms. The van der Waals surface area contributed by atoms with Gasteiger partial charge in [-0.25, -0.2) is 4.98 Å². The average molecular weight is 345 g/mol. The minimum absolute atomic E-state index is 0.152. The predicted octanol–water partition coefficient (Wildman–Crippen LogP) is 3.09. The lowest BCUT2D eigenvalue weighted by molar-refractivity contribution is -0.133. The monoisotopic (exact) mass is 345 g/mol. The molecule has 0 aliphatic carbocycles. The molecule has 0 aliphatic heterocycles. The van der Waals surface area contributed by atoms with Crippen LogP contribution in [-0.4, -0.2) is 41.8 Å². The summed E-state index contributed by atoms with van der Waals surface area (Å²) < 4.78 is 10.7. The Balaban J connectivity index is 1.93. The molecular weight excluding hydrogens is 318 g/mol. The van der Waals surface area contributed by atoms with Crippen molar-refractivity contribution >= 4 is 5.91 Å². The lowest BCUT2D eigenvalue weighted by Crippen LogP contribution is -2.37. The molecule has 1 heterocycles. The van der Waals surface area contributed by atoms with E-state index in [4.69, 9.17) is 9.47 Å². The van der Waals surface area contributed by atoms with Crippen LogP contribution in [0.4, 0.5) is 0 Å². The van der Waals surface area contributed by atoms with Gasteiger partial charge in [0.2, 0.25) is 5.91 Å². The molecule has 136 valence electrons. The van der Waals surface area contributed by atoms with E-state index in [0.29, 0.717) is 19.8 Å². The molecule has 6 nitrogen and oxygen atoms in total. The summed E-state index contributed by atoms with van der Waals surface area (Å²) >= 11 is 0. The molecule has 1 aromatic heterocycles. The first kappa shape index (κ1) is 19.1. The Kier molecular flexibility index (Phi) is 7.63. The number of imidazole rings is 1. The quantitative estimate of drug-likeness (QED) is 0.649. The maximum Gasteiger partial charge on any atom is 0.249 e. The minimum Gasteiger partial charge on any atom is -0.379 e. The Morgan fingerprint density at radius 2 is 2.00 bits per heavy atom. The molecule has 25 heavy (non-hydrogen) atoms. The summed E-state index contributed by atoms with van der Waals surface area (Å²) in [5.41, 5.74) is 2.00. The van der Waals surface area contributed by atoms with Crippen molar-refractivity contribution < 1.29 is 14.3 Å². The van der Waals surface area contributed by atoms with Gasteiger partial charge in [0.1, 0.15) is 11.9 Å². The smallest absolute Gasteiger partial charge is 0.249 e. The lowest BCUT2D eigenvalue weighted by Gasteiger charge is -2.18. The molecule has 0 saturated heterocycles. The lowest BCUT2D eigenvalue weighted by atomic mass is 10.2. The largest absolute Gasteiger partial charge is 0.379 e. The second-order valence-electron chi connectivity index (χ2n) is 5.73. The number of amides is 1. The number of carbonyl (C=O) groups is 1. The summed E-state index contributed by atoms with van der Waals surface area (Å²) in [7, 11) is 0. The minimum atomic E-state index is -0.530. The van der Waals surface area contributed by atoms with Crippen molar-refractivity contribution in [1.82, 2.24) is 15.3 Å². The Labute approximate surface area is 149 Å². The van der Waals surface area contributed by atoms with Gasteiger partial charge in [0, 0.05) is 6.61 Å². The Bertz CT molecular complexity index is 642. The van der Waals surface area contributed by atoms with Crippen LogP contribution in [0.15, 0.2) is 36.5 Å². The number of hydrogen-bond donors (Lipinski definition) is 2. The number of rotatable bonds is 10. The van der Waals surface area contributed by atoms with Crippen molar-refractivity contribution in [2.24, 2.45) is 0 Å². The van der Waals surface area contributed by atoms with Gasteiger partial charge in [0.15, 0.2) is 0 Å². The fraction of sp³-hybridized carbons (Fsp3) is 0.474. The molecular formula is C19H27N3O3. The number of ether oxygens (including phenoxy) is 2. The van der Waals surface area contributed by atoms with E-state index in [1.165, 1.54) is 0 Å². The molecule has 1 amide bonds. The van der Waals surface area contributed by atoms with Gasteiger partial charge in [-0.05, 0) is 25.8 Å². The second-order valence-corrected chi connectivity index (χ2v) is 5.73. The Morgan fingerprint density at radius 3 is 2.68 bits per heavy atom. The molecule has 0 spiro atoms. The maximum absolute atomic E-state index is 12.3. The molecule has 0 saturated carbocycles. The molecule has 2 N–H and O–H groups in total. The predicted molar refractivity (Wildman–Crippen MR) is 97.1 cm³/mol. The third-order valence-corrected chi connectivity index (χ3v) is 3.90. The van der Waals surface area contributed by atoms with Crippen LogP contribution in [0.1, 0.15) is 39.1 Å². The molecule has 2 atom stereocenters. The van der Waals surface area contributed by atoms with Gasteiger partial charge in [-0.2, -0.15) is 0 Å². The topological polar surface area (TPSA) is 76.2 Å². The van der Waals surface area contributed by atoms with E-state index in [0.717, 1.165) is 23.5 Å². The van der Waals surface area contributed by atoms with E-state index in [9.17, 15) is 4.79 Å². The number of hydrogen-bond acceptors (Lipinski definition) is 4. The first-order chi connectivity index (χ1) is 12.2. The van der Waals surface area contributed by atoms with Crippen LogP contribution in [0.3, 0.4) is 0 Å². The number of aromatic amines is 1. The third kappa shape index (κ3) is 5.69. The SMILES string of the molecule is CCOCCO[C@H](C)C(=O)N[C@@H](CC)c1ncc(-c2ccccc2)[nH]1. The molecule has 0 radical (unpaired) electrons. The van der Waals surface area contributed by atoms with Gasteiger partial charge >= 0.3 is 0 Å². The molecule has 0 fully saturated rings. The second kappa shape index (κ2) is 9.96. The van der Waals surface area contributed by atoms with E-state index >= 15 is 0 Å². The van der Waals surface area contributed by atoms with Gasteiger partial charge in [0.05, 0.1) is 31.1 Å². The van der Waals surface area contributed by atoms with Gasteiger partial charge in [-0.3, -0.25) is 4.79 Å². The van der Waals surface area contributed by atoms with Gasteiger partial charge in [0.25, 0.3) is 0 Å². The average Bonchev–Trinajstić information content (AvgIpc) is 3.13. The van der Waals surface area contributed by atoms with Gasteiger partial charge in [-0.15, -0.1) is 0 Å². The fourth-order valence-electron chi connectivity index (χ4n) is 2.43. The maximum atomic E-state index is 12.3. The molecule has 6 heteroatoms. The van der Waals surface area contributed by atoms with Crippen molar-refractivity contribution in [2.75, 3.05) is 19.8 Å². The van der Waals surface area contributed by atoms with Crippen LogP contribution < -0.4 is 5.32 Å². The van der Waals surface area contributed by atoms with E-state index in [2.05, 4.69) is 15.3 Å². The number of aromatic nitrogens is 2.